The summed E-state index contributed by atoms with van der Waals surface area (Å²) in [6.45, 7) is 9.76. The molecule has 1 aliphatic heterocycles. The Balaban J connectivity index is 1.39. The van der Waals surface area contributed by atoms with Gasteiger partial charge in [0.25, 0.3) is 0 Å². The van der Waals surface area contributed by atoms with Crippen molar-refractivity contribution in [3.63, 3.8) is 0 Å². The second-order valence-electron chi connectivity index (χ2n) is 10.3. The Morgan fingerprint density at radius 2 is 2.03 bits per heavy atom. The van der Waals surface area contributed by atoms with Crippen molar-refractivity contribution in [3.8, 4) is 11.5 Å². The first kappa shape index (κ1) is 25.1. The number of likely N-dealkylation sites (tertiary alicyclic amines) is 1. The molecule has 1 fully saturated rings. The van der Waals surface area contributed by atoms with E-state index in [-0.39, 0.29) is 6.04 Å². The molecule has 0 aromatic heterocycles. The van der Waals surface area contributed by atoms with Gasteiger partial charge in [0.1, 0.15) is 18.1 Å². The van der Waals surface area contributed by atoms with Crippen LogP contribution in [0, 0.1) is 5.92 Å². The van der Waals surface area contributed by atoms with E-state index in [1.54, 1.807) is 7.11 Å². The molecule has 2 aromatic carbocycles. The summed E-state index contributed by atoms with van der Waals surface area (Å²) in [5.74, 6) is 2.37. The number of amides is 1. The molecule has 2 N–H and O–H groups in total. The lowest BCUT2D eigenvalue weighted by Gasteiger charge is -2.26. The highest BCUT2D eigenvalue weighted by Gasteiger charge is 2.26. The van der Waals surface area contributed by atoms with Crippen LogP contribution in [0.15, 0.2) is 42.0 Å². The minimum Gasteiger partial charge on any atom is -0.496 e. The fourth-order valence-electron chi connectivity index (χ4n) is 5.30. The number of hydrogen-bond acceptors (Lipinski definition) is 4. The first-order valence-electron chi connectivity index (χ1n) is 12.6. The lowest BCUT2D eigenvalue weighted by molar-refractivity contribution is 0.189. The molecule has 0 spiro atoms. The zero-order chi connectivity index (χ0) is 24.9. The van der Waals surface area contributed by atoms with E-state index in [0.29, 0.717) is 12.5 Å². The van der Waals surface area contributed by atoms with Gasteiger partial charge in [0.2, 0.25) is 0 Å². The van der Waals surface area contributed by atoms with Crippen LogP contribution in [0.4, 0.5) is 4.79 Å². The molecule has 0 bridgehead atoms. The molecular formula is C29H38N2O4. The molecule has 1 amide bonds. The number of allylic oxidation sites excluding steroid dienone is 1. The molecule has 2 aromatic rings. The highest BCUT2D eigenvalue weighted by Crippen LogP contribution is 2.34. The van der Waals surface area contributed by atoms with Gasteiger partial charge < -0.3 is 19.9 Å². The number of hydrogen-bond donors (Lipinski definition) is 2. The zero-order valence-electron chi connectivity index (χ0n) is 21.4. The number of aryl methyl sites for hydroxylation is 1. The Bertz CT molecular complexity index is 1090. The Kier molecular flexibility index (Phi) is 8.01. The first-order valence-corrected chi connectivity index (χ1v) is 12.6. The zero-order valence-corrected chi connectivity index (χ0v) is 21.4. The van der Waals surface area contributed by atoms with Gasteiger partial charge in [-0.15, -0.1) is 0 Å². The normalized spacial score (nSPS) is 18.0. The fraction of sp³-hybridized carbons (Fsp3) is 0.483. The van der Waals surface area contributed by atoms with E-state index in [2.05, 4.69) is 67.4 Å². The van der Waals surface area contributed by atoms with E-state index in [9.17, 15) is 4.79 Å². The number of benzene rings is 2. The maximum atomic E-state index is 10.9. The SMILES string of the molecule is COc1cc(CC(C)C)ccc1COc1ccc2c(c1)CCC(CN1CC[C@H](NC(=O)O)C1)=C2C. The maximum absolute atomic E-state index is 10.9. The highest BCUT2D eigenvalue weighted by atomic mass is 16.5. The summed E-state index contributed by atoms with van der Waals surface area (Å²) in [6.07, 6.45) is 3.01. The number of nitrogens with zero attached hydrogens (tertiary/aromatic N) is 1. The van der Waals surface area contributed by atoms with Crippen molar-refractivity contribution >= 4 is 11.7 Å². The van der Waals surface area contributed by atoms with Crippen LogP contribution in [0.3, 0.4) is 0 Å². The molecule has 1 heterocycles. The van der Waals surface area contributed by atoms with E-state index < -0.39 is 6.09 Å². The number of carboxylic acid groups (broad SMARTS) is 1. The number of nitrogens with one attached hydrogen (secondary N) is 1. The quantitative estimate of drug-likeness (QED) is 0.496. The molecular weight excluding hydrogens is 440 g/mol. The highest BCUT2D eigenvalue weighted by molar-refractivity contribution is 5.72. The minimum absolute atomic E-state index is 0.0361. The molecule has 2 aliphatic rings. The standard InChI is InChI=1S/C29H38N2O4/c1-19(2)13-21-5-6-24(28(14-21)34-4)18-35-26-9-10-27-20(3)23(8-7-22(27)15-26)16-31-12-11-25(17-31)30-29(32)33/h5-6,9-10,14-15,19,25,30H,7-8,11-13,16-18H2,1-4H3,(H,32,33)/t25-/m0/s1. The smallest absolute Gasteiger partial charge is 0.404 e. The molecule has 1 aliphatic carbocycles. The largest absolute Gasteiger partial charge is 0.496 e. The lowest BCUT2D eigenvalue weighted by Crippen LogP contribution is -2.36. The third kappa shape index (κ3) is 6.37. The van der Waals surface area contributed by atoms with Crippen LogP contribution in [0.25, 0.3) is 5.57 Å². The van der Waals surface area contributed by atoms with Crippen molar-refractivity contribution in [1.82, 2.24) is 10.2 Å². The number of fused-ring (bicyclic) bond motifs is 1. The van der Waals surface area contributed by atoms with Crippen molar-refractivity contribution < 1.29 is 19.4 Å². The average Bonchev–Trinajstić information content (AvgIpc) is 3.25. The predicted molar refractivity (Wildman–Crippen MR) is 139 cm³/mol. The summed E-state index contributed by atoms with van der Waals surface area (Å²) >= 11 is 0. The molecule has 4 rings (SSSR count). The van der Waals surface area contributed by atoms with Gasteiger partial charge in [0, 0.05) is 31.2 Å². The molecule has 6 nitrogen and oxygen atoms in total. The topological polar surface area (TPSA) is 71.0 Å². The molecule has 0 radical (unpaired) electrons. The van der Waals surface area contributed by atoms with Crippen LogP contribution < -0.4 is 14.8 Å². The minimum atomic E-state index is -0.932. The van der Waals surface area contributed by atoms with Crippen LogP contribution >= 0.6 is 0 Å². The summed E-state index contributed by atoms with van der Waals surface area (Å²) in [7, 11) is 1.72. The number of methoxy groups -OCH3 is 1. The van der Waals surface area contributed by atoms with Gasteiger partial charge in [0.15, 0.2) is 0 Å². The van der Waals surface area contributed by atoms with Gasteiger partial charge >= 0.3 is 6.09 Å². The van der Waals surface area contributed by atoms with Crippen LogP contribution in [-0.2, 0) is 19.4 Å². The van der Waals surface area contributed by atoms with Crippen molar-refractivity contribution in [2.75, 3.05) is 26.7 Å². The van der Waals surface area contributed by atoms with E-state index in [4.69, 9.17) is 14.6 Å². The van der Waals surface area contributed by atoms with Crippen LogP contribution in [0.2, 0.25) is 0 Å². The summed E-state index contributed by atoms with van der Waals surface area (Å²) in [6, 6.07) is 12.9. The lowest BCUT2D eigenvalue weighted by atomic mass is 9.86. The summed E-state index contributed by atoms with van der Waals surface area (Å²) in [5, 5.41) is 11.6. The third-order valence-electron chi connectivity index (χ3n) is 7.11. The predicted octanol–water partition coefficient (Wildman–Crippen LogP) is 5.53. The molecule has 1 saturated heterocycles. The van der Waals surface area contributed by atoms with Gasteiger partial charge in [-0.25, -0.2) is 4.79 Å². The van der Waals surface area contributed by atoms with Crippen molar-refractivity contribution in [3.05, 3.63) is 64.2 Å². The Morgan fingerprint density at radius 3 is 2.77 bits per heavy atom. The monoisotopic (exact) mass is 478 g/mol. The van der Waals surface area contributed by atoms with Gasteiger partial charge in [-0.2, -0.15) is 0 Å². The van der Waals surface area contributed by atoms with Gasteiger partial charge in [-0.05, 0) is 79.0 Å². The van der Waals surface area contributed by atoms with Crippen molar-refractivity contribution in [2.45, 2.75) is 59.1 Å². The maximum Gasteiger partial charge on any atom is 0.404 e. The summed E-state index contributed by atoms with van der Waals surface area (Å²) in [4.78, 5) is 13.3. The Hall–Kier alpha value is -2.99. The molecule has 1 atom stereocenters. The van der Waals surface area contributed by atoms with Gasteiger partial charge in [0.05, 0.1) is 7.11 Å². The van der Waals surface area contributed by atoms with E-state index in [1.165, 1.54) is 27.8 Å². The van der Waals surface area contributed by atoms with Crippen molar-refractivity contribution in [2.24, 2.45) is 5.92 Å². The van der Waals surface area contributed by atoms with Gasteiger partial charge in [-0.3, -0.25) is 4.90 Å². The molecule has 6 heteroatoms. The van der Waals surface area contributed by atoms with Crippen LogP contribution in [0.1, 0.15) is 55.9 Å². The molecule has 35 heavy (non-hydrogen) atoms. The second kappa shape index (κ2) is 11.2. The first-order chi connectivity index (χ1) is 16.8. The van der Waals surface area contributed by atoms with Gasteiger partial charge in [-0.1, -0.05) is 37.6 Å². The molecule has 0 unspecified atom stereocenters. The Labute approximate surface area is 208 Å². The second-order valence-corrected chi connectivity index (χ2v) is 10.3. The van der Waals surface area contributed by atoms with Crippen molar-refractivity contribution in [1.29, 1.82) is 0 Å². The number of rotatable bonds is 9. The van der Waals surface area contributed by atoms with Crippen LogP contribution in [-0.4, -0.2) is 48.9 Å². The van der Waals surface area contributed by atoms with E-state index in [0.717, 1.165) is 62.4 Å². The molecule has 0 saturated carbocycles. The summed E-state index contributed by atoms with van der Waals surface area (Å²) < 4.78 is 11.8. The third-order valence-corrected chi connectivity index (χ3v) is 7.11. The van der Waals surface area contributed by atoms with E-state index >= 15 is 0 Å². The summed E-state index contributed by atoms with van der Waals surface area (Å²) in [5.41, 5.74) is 7.76. The molecule has 188 valence electrons. The number of ether oxygens (including phenoxy) is 2. The van der Waals surface area contributed by atoms with Crippen LogP contribution in [0.5, 0.6) is 11.5 Å². The fourth-order valence-corrected chi connectivity index (χ4v) is 5.30. The Morgan fingerprint density at radius 1 is 1.20 bits per heavy atom. The number of carbonyl (C=O) groups is 1. The van der Waals surface area contributed by atoms with E-state index in [1.807, 2.05) is 0 Å². The average molecular weight is 479 g/mol.